The fourth-order valence-electron chi connectivity index (χ4n) is 1.53. The standard InChI is InChI=1S/C5H14O6Si2.CH3.Al/c1-8-12(6,9-2)5-13(7,10-3)11-4;;/h5H2,1-4H3;1H3;/q-2;;+2. The van der Waals surface area contributed by atoms with Crippen LogP contribution in [0.4, 0.5) is 0 Å². The highest BCUT2D eigenvalue weighted by atomic mass is 28.5. The van der Waals surface area contributed by atoms with Crippen LogP contribution in [0, 0.1) is 0 Å². The molecule has 1 saturated heterocycles. The lowest BCUT2D eigenvalue weighted by Gasteiger charge is -2.41. The Morgan fingerprint density at radius 1 is 0.867 bits per heavy atom. The van der Waals surface area contributed by atoms with Gasteiger partial charge in [-0.15, -0.1) is 0 Å². The van der Waals surface area contributed by atoms with Gasteiger partial charge in [0.15, 0.2) is 0 Å². The summed E-state index contributed by atoms with van der Waals surface area (Å²) in [6.45, 7) is 0. The summed E-state index contributed by atoms with van der Waals surface area (Å²) in [5.74, 6) is 1.92. The zero-order valence-electron chi connectivity index (χ0n) is 9.73. The highest BCUT2D eigenvalue weighted by molar-refractivity contribution is 6.88. The molecular weight excluding hydrogens is 251 g/mol. The first-order valence-corrected chi connectivity index (χ1v) is 10.6. The highest BCUT2D eigenvalue weighted by Gasteiger charge is 2.61. The van der Waals surface area contributed by atoms with Gasteiger partial charge in [0.25, 0.3) is 0 Å². The molecule has 0 unspecified atom stereocenters. The van der Waals surface area contributed by atoms with Gasteiger partial charge in [-0.2, -0.15) is 0 Å². The third kappa shape index (κ3) is 2.89. The van der Waals surface area contributed by atoms with Gasteiger partial charge in [-0.05, 0) is 0 Å². The Kier molecular flexibility index (Phi) is 4.94. The smallest absolute Gasteiger partial charge is 0.481 e. The molecule has 0 aromatic heterocycles. The van der Waals surface area contributed by atoms with Crippen molar-refractivity contribution < 1.29 is 24.7 Å². The van der Waals surface area contributed by atoms with E-state index < -0.39 is 32.4 Å². The summed E-state index contributed by atoms with van der Waals surface area (Å²) in [5, 5.41) is 0. The summed E-state index contributed by atoms with van der Waals surface area (Å²) in [6, 6.07) is 0. The van der Waals surface area contributed by atoms with Gasteiger partial charge in [0, 0.05) is 28.4 Å². The van der Waals surface area contributed by atoms with E-state index in [0.29, 0.717) is 5.67 Å². The maximum Gasteiger partial charge on any atom is 0.655 e. The summed E-state index contributed by atoms with van der Waals surface area (Å²) in [7, 11) is 1.11. The second-order valence-electron chi connectivity index (χ2n) is 3.16. The molecule has 1 rings (SSSR count). The molecule has 0 saturated carbocycles. The molecule has 0 aliphatic carbocycles. The van der Waals surface area contributed by atoms with Crippen LogP contribution in [-0.2, 0) is 24.7 Å². The monoisotopic (exact) mass is 268 g/mol. The first-order chi connectivity index (χ1) is 7.05. The molecule has 1 heterocycles. The van der Waals surface area contributed by atoms with Gasteiger partial charge in [0.1, 0.15) is 0 Å². The van der Waals surface area contributed by atoms with Gasteiger partial charge >= 0.3 is 32.4 Å². The average molecular weight is 268 g/mol. The third-order valence-corrected chi connectivity index (χ3v) is 13.8. The van der Waals surface area contributed by atoms with Crippen LogP contribution in [-0.4, -0.2) is 60.9 Å². The minimum Gasteiger partial charge on any atom is -0.481 e. The molecular formula is C6H17AlO6Si2. The van der Waals surface area contributed by atoms with Crippen molar-refractivity contribution in [3.63, 3.8) is 0 Å². The molecule has 0 amide bonds. The number of hydrogen-bond donors (Lipinski definition) is 0. The van der Waals surface area contributed by atoms with E-state index >= 15 is 0 Å². The van der Waals surface area contributed by atoms with E-state index in [9.17, 15) is 0 Å². The van der Waals surface area contributed by atoms with Crippen molar-refractivity contribution in [3.05, 3.63) is 0 Å². The molecule has 0 radical (unpaired) electrons. The average Bonchev–Trinajstić information content (AvgIpc) is 2.28. The molecule has 0 bridgehead atoms. The summed E-state index contributed by atoms with van der Waals surface area (Å²) in [6.07, 6.45) is 0. The topological polar surface area (TPSA) is 55.4 Å². The van der Waals surface area contributed by atoms with Gasteiger partial charge in [0.2, 0.25) is 0 Å². The predicted octanol–water partition coefficient (Wildman–Crippen LogP) is 0.154. The summed E-state index contributed by atoms with van der Waals surface area (Å²) in [4.78, 5) is 0. The Morgan fingerprint density at radius 3 is 1.47 bits per heavy atom. The lowest BCUT2D eigenvalue weighted by atomic mass is 11.8. The molecule has 15 heavy (non-hydrogen) atoms. The third-order valence-electron chi connectivity index (χ3n) is 2.37. The van der Waals surface area contributed by atoms with E-state index in [2.05, 4.69) is 0 Å². The van der Waals surface area contributed by atoms with Crippen molar-refractivity contribution in [2.75, 3.05) is 28.4 Å². The van der Waals surface area contributed by atoms with Crippen LogP contribution in [0.1, 0.15) is 0 Å². The zero-order chi connectivity index (χ0) is 11.5. The number of hydrogen-bond acceptors (Lipinski definition) is 6. The van der Waals surface area contributed by atoms with E-state index in [4.69, 9.17) is 24.7 Å². The lowest BCUT2D eigenvalue weighted by Crippen LogP contribution is -2.65. The Bertz CT molecular complexity index is 190. The maximum absolute atomic E-state index is 5.72. The van der Waals surface area contributed by atoms with E-state index in [1.807, 2.05) is 5.79 Å². The molecule has 1 aliphatic rings. The minimum atomic E-state index is -2.62. The van der Waals surface area contributed by atoms with Crippen LogP contribution in [0.25, 0.3) is 0 Å². The molecule has 1 fully saturated rings. The highest BCUT2D eigenvalue weighted by Crippen LogP contribution is 2.30. The Hall–Kier alpha value is 0.726. The van der Waals surface area contributed by atoms with Gasteiger partial charge < -0.3 is 24.7 Å². The van der Waals surface area contributed by atoms with Crippen molar-refractivity contribution in [1.82, 2.24) is 0 Å². The lowest BCUT2D eigenvalue weighted by molar-refractivity contribution is 0.0967. The SMILES string of the molecule is CO[Si]1(OC)C[Si](OC)(OC)[O][Al]([CH3])[O]1. The van der Waals surface area contributed by atoms with Gasteiger partial charge in [-0.1, -0.05) is 5.79 Å². The second-order valence-corrected chi connectivity index (χ2v) is 12.0. The Labute approximate surface area is 97.2 Å². The predicted molar refractivity (Wildman–Crippen MR) is 58.1 cm³/mol. The summed E-state index contributed by atoms with van der Waals surface area (Å²) in [5.41, 5.74) is 0.470. The molecule has 1 aliphatic heterocycles. The Morgan fingerprint density at radius 2 is 1.20 bits per heavy atom. The van der Waals surface area contributed by atoms with Gasteiger partial charge in [-0.25, -0.2) is 0 Å². The minimum absolute atomic E-state index is 0.470. The molecule has 0 atom stereocenters. The van der Waals surface area contributed by atoms with E-state index in [0.717, 1.165) is 0 Å². The molecule has 88 valence electrons. The molecule has 0 spiro atoms. The van der Waals surface area contributed by atoms with Crippen LogP contribution in [0.3, 0.4) is 0 Å². The molecule has 0 aromatic rings. The van der Waals surface area contributed by atoms with Crippen LogP contribution in [0.15, 0.2) is 0 Å². The van der Waals surface area contributed by atoms with Gasteiger partial charge in [0.05, 0.1) is 5.67 Å². The van der Waals surface area contributed by atoms with Crippen LogP contribution < -0.4 is 0 Å². The van der Waals surface area contributed by atoms with E-state index in [-0.39, 0.29) is 0 Å². The van der Waals surface area contributed by atoms with Crippen LogP contribution >= 0.6 is 0 Å². The van der Waals surface area contributed by atoms with Crippen molar-refractivity contribution >= 4 is 32.4 Å². The van der Waals surface area contributed by atoms with E-state index in [1.54, 1.807) is 28.4 Å². The van der Waals surface area contributed by atoms with E-state index in [1.165, 1.54) is 0 Å². The normalized spacial score (nSPS) is 24.2. The summed E-state index contributed by atoms with van der Waals surface area (Å²) >= 11 is -1.79. The maximum atomic E-state index is 5.72. The van der Waals surface area contributed by atoms with Crippen LogP contribution in [0.2, 0.25) is 11.5 Å². The largest absolute Gasteiger partial charge is 0.655 e. The molecule has 0 aromatic carbocycles. The quantitative estimate of drug-likeness (QED) is 0.677. The van der Waals surface area contributed by atoms with Crippen molar-refractivity contribution in [1.29, 1.82) is 0 Å². The molecule has 6 nitrogen and oxygen atoms in total. The first kappa shape index (κ1) is 13.8. The second kappa shape index (κ2) is 5.37. The summed E-state index contributed by atoms with van der Waals surface area (Å²) < 4.78 is 33.0. The van der Waals surface area contributed by atoms with Crippen molar-refractivity contribution in [2.45, 2.75) is 11.5 Å². The van der Waals surface area contributed by atoms with Gasteiger partial charge in [-0.3, -0.25) is 0 Å². The van der Waals surface area contributed by atoms with Crippen LogP contribution in [0.5, 0.6) is 0 Å². The number of rotatable bonds is 4. The van der Waals surface area contributed by atoms with Crippen molar-refractivity contribution in [2.24, 2.45) is 0 Å². The first-order valence-electron chi connectivity index (χ1n) is 4.61. The molecule has 9 heteroatoms. The molecule has 0 N–H and O–H groups in total. The Balaban J connectivity index is 2.87. The zero-order valence-corrected chi connectivity index (χ0v) is 12.9. The fourth-order valence-corrected chi connectivity index (χ4v) is 14.7. The van der Waals surface area contributed by atoms with Crippen molar-refractivity contribution in [3.8, 4) is 0 Å². The fraction of sp³-hybridized carbons (Fsp3) is 1.00.